The lowest BCUT2D eigenvalue weighted by Crippen LogP contribution is -2.51. The monoisotopic (exact) mass is 448 g/mol. The zero-order chi connectivity index (χ0) is 23.5. The van der Waals surface area contributed by atoms with Gasteiger partial charge in [0.15, 0.2) is 0 Å². The summed E-state index contributed by atoms with van der Waals surface area (Å²) in [6.45, 7) is 6.55. The highest BCUT2D eigenvalue weighted by molar-refractivity contribution is 6.22. The number of carbonyl (C=O) groups excluding carboxylic acids is 4. The van der Waals surface area contributed by atoms with Crippen LogP contribution in [0.1, 0.15) is 50.5 Å². The molecule has 0 atom stereocenters. The summed E-state index contributed by atoms with van der Waals surface area (Å²) in [7, 11) is 0. The van der Waals surface area contributed by atoms with Crippen molar-refractivity contribution < 1.29 is 19.2 Å². The lowest BCUT2D eigenvalue weighted by molar-refractivity contribution is -0.123. The van der Waals surface area contributed by atoms with Crippen LogP contribution in [-0.4, -0.2) is 77.1 Å². The van der Waals surface area contributed by atoms with Gasteiger partial charge in [0.05, 0.1) is 24.2 Å². The first-order valence-corrected chi connectivity index (χ1v) is 11.2. The predicted molar refractivity (Wildman–Crippen MR) is 123 cm³/mol. The SMILES string of the molecule is CC(C)NC(=O)CN1CCN(C(=O)c2ccc3c(c2)C(=O)N(Cc2ccccc2)C3=O)CC1. The number of amides is 4. The van der Waals surface area contributed by atoms with E-state index in [9.17, 15) is 19.2 Å². The summed E-state index contributed by atoms with van der Waals surface area (Å²) < 4.78 is 0. The Morgan fingerprint density at radius 3 is 2.24 bits per heavy atom. The average Bonchev–Trinajstić information content (AvgIpc) is 3.03. The highest BCUT2D eigenvalue weighted by Gasteiger charge is 2.36. The van der Waals surface area contributed by atoms with Crippen LogP contribution in [0.2, 0.25) is 0 Å². The van der Waals surface area contributed by atoms with Crippen LogP contribution in [0.5, 0.6) is 0 Å². The minimum atomic E-state index is -0.380. The zero-order valence-corrected chi connectivity index (χ0v) is 18.9. The number of benzene rings is 2. The first kappa shape index (κ1) is 22.7. The maximum absolute atomic E-state index is 13.1. The molecule has 4 rings (SSSR count). The van der Waals surface area contributed by atoms with Crippen molar-refractivity contribution in [3.63, 3.8) is 0 Å². The van der Waals surface area contributed by atoms with E-state index in [-0.39, 0.29) is 41.8 Å². The van der Waals surface area contributed by atoms with Crippen LogP contribution in [0.4, 0.5) is 0 Å². The van der Waals surface area contributed by atoms with Crippen molar-refractivity contribution in [1.29, 1.82) is 0 Å². The lowest BCUT2D eigenvalue weighted by atomic mass is 10.0. The first-order chi connectivity index (χ1) is 15.8. The van der Waals surface area contributed by atoms with Gasteiger partial charge < -0.3 is 10.2 Å². The molecule has 2 heterocycles. The fourth-order valence-corrected chi connectivity index (χ4v) is 4.20. The number of rotatable bonds is 6. The van der Waals surface area contributed by atoms with Gasteiger partial charge in [-0.1, -0.05) is 30.3 Å². The number of hydrogen-bond donors (Lipinski definition) is 1. The second-order valence-electron chi connectivity index (χ2n) is 8.73. The predicted octanol–water partition coefficient (Wildman–Crippen LogP) is 1.77. The first-order valence-electron chi connectivity index (χ1n) is 11.2. The second kappa shape index (κ2) is 9.54. The van der Waals surface area contributed by atoms with E-state index >= 15 is 0 Å². The fourth-order valence-electron chi connectivity index (χ4n) is 4.20. The van der Waals surface area contributed by atoms with Gasteiger partial charge in [0, 0.05) is 37.8 Å². The molecule has 1 fully saturated rings. The molecule has 8 nitrogen and oxygen atoms in total. The Balaban J connectivity index is 1.40. The van der Waals surface area contributed by atoms with Crippen molar-refractivity contribution in [3.05, 3.63) is 70.8 Å². The maximum atomic E-state index is 13.1. The van der Waals surface area contributed by atoms with Gasteiger partial charge in [-0.25, -0.2) is 0 Å². The summed E-state index contributed by atoms with van der Waals surface area (Å²) in [6.07, 6.45) is 0. The molecule has 1 saturated heterocycles. The van der Waals surface area contributed by atoms with E-state index in [1.54, 1.807) is 17.0 Å². The lowest BCUT2D eigenvalue weighted by Gasteiger charge is -2.34. The quantitative estimate of drug-likeness (QED) is 0.681. The van der Waals surface area contributed by atoms with Crippen molar-refractivity contribution in [2.75, 3.05) is 32.7 Å². The third-order valence-electron chi connectivity index (χ3n) is 5.88. The number of nitrogens with one attached hydrogen (secondary N) is 1. The molecule has 0 bridgehead atoms. The Kier molecular flexibility index (Phi) is 6.55. The maximum Gasteiger partial charge on any atom is 0.261 e. The normalized spacial score (nSPS) is 16.3. The van der Waals surface area contributed by atoms with Crippen LogP contribution in [0.25, 0.3) is 0 Å². The highest BCUT2D eigenvalue weighted by atomic mass is 16.2. The highest BCUT2D eigenvalue weighted by Crippen LogP contribution is 2.26. The third kappa shape index (κ3) is 4.96. The molecule has 8 heteroatoms. The Hall–Kier alpha value is -3.52. The van der Waals surface area contributed by atoms with Crippen molar-refractivity contribution in [2.24, 2.45) is 0 Å². The van der Waals surface area contributed by atoms with Gasteiger partial charge in [-0.15, -0.1) is 0 Å². The molecule has 4 amide bonds. The molecule has 172 valence electrons. The van der Waals surface area contributed by atoms with Crippen LogP contribution < -0.4 is 5.32 Å². The second-order valence-corrected chi connectivity index (χ2v) is 8.73. The van der Waals surface area contributed by atoms with Crippen LogP contribution in [-0.2, 0) is 11.3 Å². The van der Waals surface area contributed by atoms with Gasteiger partial charge in [0.2, 0.25) is 5.91 Å². The number of carbonyl (C=O) groups is 4. The molecule has 2 aromatic carbocycles. The number of fused-ring (bicyclic) bond motifs is 1. The molecule has 33 heavy (non-hydrogen) atoms. The average molecular weight is 449 g/mol. The Bertz CT molecular complexity index is 1080. The van der Waals surface area contributed by atoms with Gasteiger partial charge >= 0.3 is 0 Å². The summed E-state index contributed by atoms with van der Waals surface area (Å²) in [5.41, 5.74) is 1.85. The molecule has 2 aromatic rings. The molecule has 2 aliphatic heterocycles. The van der Waals surface area contributed by atoms with E-state index in [2.05, 4.69) is 5.32 Å². The fraction of sp³-hybridized carbons (Fsp3) is 0.360. The number of hydrogen-bond acceptors (Lipinski definition) is 5. The van der Waals surface area contributed by atoms with E-state index in [1.165, 1.54) is 11.0 Å². The van der Waals surface area contributed by atoms with Gasteiger partial charge in [-0.2, -0.15) is 0 Å². The Morgan fingerprint density at radius 2 is 1.58 bits per heavy atom. The van der Waals surface area contributed by atoms with Crippen molar-refractivity contribution in [1.82, 2.24) is 20.0 Å². The van der Waals surface area contributed by atoms with Crippen LogP contribution >= 0.6 is 0 Å². The summed E-state index contributed by atoms with van der Waals surface area (Å²) in [4.78, 5) is 55.7. The third-order valence-corrected chi connectivity index (χ3v) is 5.88. The molecule has 0 aliphatic carbocycles. The van der Waals surface area contributed by atoms with Crippen LogP contribution in [0.15, 0.2) is 48.5 Å². The minimum absolute atomic E-state index is 0.0216. The largest absolute Gasteiger partial charge is 0.353 e. The molecule has 1 N–H and O–H groups in total. The zero-order valence-electron chi connectivity index (χ0n) is 18.9. The minimum Gasteiger partial charge on any atom is -0.353 e. The van der Waals surface area contributed by atoms with Crippen LogP contribution in [0.3, 0.4) is 0 Å². The Labute approximate surface area is 193 Å². The smallest absolute Gasteiger partial charge is 0.261 e. The van der Waals surface area contributed by atoms with E-state index in [1.807, 2.05) is 49.1 Å². The molecule has 2 aliphatic rings. The summed E-state index contributed by atoms with van der Waals surface area (Å²) in [5, 5.41) is 2.88. The summed E-state index contributed by atoms with van der Waals surface area (Å²) >= 11 is 0. The molecule has 0 radical (unpaired) electrons. The van der Waals surface area contributed by atoms with E-state index in [0.29, 0.717) is 43.9 Å². The number of piperazine rings is 1. The molecule has 0 saturated carbocycles. The van der Waals surface area contributed by atoms with Gasteiger partial charge in [0.1, 0.15) is 0 Å². The van der Waals surface area contributed by atoms with Gasteiger partial charge in [0.25, 0.3) is 17.7 Å². The molecular weight excluding hydrogens is 420 g/mol. The standard InChI is InChI=1S/C25H28N4O4/c1-17(2)26-22(30)16-27-10-12-28(13-11-27)23(31)19-8-9-20-21(14-19)25(33)29(24(20)32)15-18-6-4-3-5-7-18/h3-9,14,17H,10-13,15-16H2,1-2H3,(H,26,30). The molecular formula is C25H28N4O4. The molecule has 0 aromatic heterocycles. The molecule has 0 unspecified atom stereocenters. The number of nitrogens with zero attached hydrogens (tertiary/aromatic N) is 3. The van der Waals surface area contributed by atoms with Crippen molar-refractivity contribution in [2.45, 2.75) is 26.4 Å². The summed E-state index contributed by atoms with van der Waals surface area (Å²) in [5.74, 6) is -0.918. The van der Waals surface area contributed by atoms with Gasteiger partial charge in [-0.05, 0) is 37.6 Å². The van der Waals surface area contributed by atoms with Gasteiger partial charge in [-0.3, -0.25) is 29.0 Å². The Morgan fingerprint density at radius 1 is 0.909 bits per heavy atom. The summed E-state index contributed by atoms with van der Waals surface area (Å²) in [6, 6.07) is 14.1. The molecule has 0 spiro atoms. The van der Waals surface area contributed by atoms with E-state index in [0.717, 1.165) is 5.56 Å². The topological polar surface area (TPSA) is 90.0 Å². The van der Waals surface area contributed by atoms with Crippen molar-refractivity contribution in [3.8, 4) is 0 Å². The van der Waals surface area contributed by atoms with Crippen molar-refractivity contribution >= 4 is 23.6 Å². The van der Waals surface area contributed by atoms with Crippen LogP contribution in [0, 0.1) is 0 Å². The van der Waals surface area contributed by atoms with E-state index < -0.39 is 0 Å². The van der Waals surface area contributed by atoms with E-state index in [4.69, 9.17) is 0 Å². The number of imide groups is 1.